The number of rotatable bonds is 6. The summed E-state index contributed by atoms with van der Waals surface area (Å²) >= 11 is 7.27. The highest BCUT2D eigenvalue weighted by atomic mass is 35.5. The van der Waals surface area contributed by atoms with Gasteiger partial charge < -0.3 is 5.32 Å². The second kappa shape index (κ2) is 8.38. The van der Waals surface area contributed by atoms with Crippen LogP contribution in [0.15, 0.2) is 41.6 Å². The third-order valence-electron chi connectivity index (χ3n) is 4.52. The molecule has 156 valence electrons. The molecule has 1 N–H and O–H groups in total. The number of carbonyl (C=O) groups excluding carboxylic acids is 1. The molecule has 0 bridgehead atoms. The quantitative estimate of drug-likeness (QED) is 0.599. The highest BCUT2D eigenvalue weighted by Crippen LogP contribution is 2.31. The first-order valence-corrected chi connectivity index (χ1v) is 12.1. The molecular formula is C19H18ClN5O3S2. The Labute approximate surface area is 182 Å². The van der Waals surface area contributed by atoms with Crippen molar-refractivity contribution in [3.05, 3.63) is 63.6 Å². The van der Waals surface area contributed by atoms with Gasteiger partial charge >= 0.3 is 0 Å². The maximum absolute atomic E-state index is 12.3. The lowest BCUT2D eigenvalue weighted by Gasteiger charge is -2.13. The summed E-state index contributed by atoms with van der Waals surface area (Å²) in [6.07, 6.45) is 4.46. The minimum atomic E-state index is -3.25. The third-order valence-corrected chi connectivity index (χ3v) is 6.84. The summed E-state index contributed by atoms with van der Waals surface area (Å²) in [5.41, 5.74) is 1.68. The fourth-order valence-corrected chi connectivity index (χ4v) is 4.85. The van der Waals surface area contributed by atoms with Crippen LogP contribution >= 0.6 is 22.9 Å². The average molecular weight is 464 g/mol. The molecule has 0 fully saturated rings. The number of halogens is 1. The highest BCUT2D eigenvalue weighted by Gasteiger charge is 2.25. The Balaban J connectivity index is 1.32. The van der Waals surface area contributed by atoms with Crippen LogP contribution in [0.1, 0.15) is 22.0 Å². The molecule has 0 spiro atoms. The lowest BCUT2D eigenvalue weighted by Crippen LogP contribution is -2.18. The average Bonchev–Trinajstić information content (AvgIpc) is 3.21. The molecule has 4 rings (SSSR count). The van der Waals surface area contributed by atoms with E-state index in [-0.39, 0.29) is 17.2 Å². The first-order valence-electron chi connectivity index (χ1n) is 9.02. The SMILES string of the molecule is CS(=O)(=O)c1ccc(CC(=O)Nc2nc3c(s2)CN(Cc2ncc(Cl)cn2)C3)cc1. The van der Waals surface area contributed by atoms with Crippen LogP contribution in [0.3, 0.4) is 0 Å². The molecule has 0 aliphatic carbocycles. The lowest BCUT2D eigenvalue weighted by atomic mass is 10.1. The van der Waals surface area contributed by atoms with Crippen LogP contribution in [-0.4, -0.2) is 40.4 Å². The number of aromatic nitrogens is 3. The molecule has 0 unspecified atom stereocenters. The molecule has 0 atom stereocenters. The predicted molar refractivity (Wildman–Crippen MR) is 114 cm³/mol. The van der Waals surface area contributed by atoms with Gasteiger partial charge in [-0.15, -0.1) is 11.3 Å². The molecule has 2 aromatic heterocycles. The molecule has 0 saturated carbocycles. The fourth-order valence-electron chi connectivity index (χ4n) is 3.09. The molecule has 0 saturated heterocycles. The Morgan fingerprint density at radius 1 is 1.20 bits per heavy atom. The Morgan fingerprint density at radius 3 is 2.53 bits per heavy atom. The van der Waals surface area contributed by atoms with Gasteiger partial charge in [-0.2, -0.15) is 0 Å². The standard InChI is InChI=1S/C19H18ClN5O3S2/c1-30(27,28)14-4-2-12(3-5-14)6-18(26)24-19-23-15-9-25(10-16(15)29-19)11-17-21-7-13(20)8-22-17/h2-5,7-8H,6,9-11H2,1H3,(H,23,24,26). The molecule has 1 aromatic carbocycles. The van der Waals surface area contributed by atoms with E-state index in [4.69, 9.17) is 11.6 Å². The molecular weight excluding hydrogens is 446 g/mol. The molecule has 1 aliphatic rings. The van der Waals surface area contributed by atoms with Crippen LogP contribution in [0.4, 0.5) is 5.13 Å². The van der Waals surface area contributed by atoms with E-state index < -0.39 is 9.84 Å². The van der Waals surface area contributed by atoms with E-state index in [9.17, 15) is 13.2 Å². The van der Waals surface area contributed by atoms with Crippen LogP contribution in [-0.2, 0) is 40.7 Å². The third kappa shape index (κ3) is 5.01. The van der Waals surface area contributed by atoms with Crippen molar-refractivity contribution in [2.75, 3.05) is 11.6 Å². The number of fused-ring (bicyclic) bond motifs is 1. The van der Waals surface area contributed by atoms with Gasteiger partial charge in [0.1, 0.15) is 5.82 Å². The summed E-state index contributed by atoms with van der Waals surface area (Å²) in [5.74, 6) is 0.505. The molecule has 3 heterocycles. The summed E-state index contributed by atoms with van der Waals surface area (Å²) in [5, 5.41) is 3.90. The lowest BCUT2D eigenvalue weighted by molar-refractivity contribution is -0.115. The summed E-state index contributed by atoms with van der Waals surface area (Å²) in [4.78, 5) is 28.8. The van der Waals surface area contributed by atoms with Crippen LogP contribution < -0.4 is 5.32 Å². The predicted octanol–water partition coefficient (Wildman–Crippen LogP) is 2.69. The topological polar surface area (TPSA) is 105 Å². The normalized spacial score (nSPS) is 13.9. The largest absolute Gasteiger partial charge is 0.302 e. The number of sulfone groups is 1. The zero-order chi connectivity index (χ0) is 21.3. The van der Waals surface area contributed by atoms with E-state index in [0.29, 0.717) is 29.1 Å². The molecule has 11 heteroatoms. The summed E-state index contributed by atoms with van der Waals surface area (Å²) in [6.45, 7) is 1.99. The highest BCUT2D eigenvalue weighted by molar-refractivity contribution is 7.90. The zero-order valence-corrected chi connectivity index (χ0v) is 18.4. The molecule has 1 aliphatic heterocycles. The summed E-state index contributed by atoms with van der Waals surface area (Å²) in [7, 11) is -3.25. The van der Waals surface area contributed by atoms with Crippen LogP contribution in [0.2, 0.25) is 5.02 Å². The molecule has 3 aromatic rings. The van der Waals surface area contributed by atoms with Crippen molar-refractivity contribution in [1.82, 2.24) is 19.9 Å². The maximum atomic E-state index is 12.3. The molecule has 0 radical (unpaired) electrons. The maximum Gasteiger partial charge on any atom is 0.230 e. The summed E-state index contributed by atoms with van der Waals surface area (Å²) < 4.78 is 23.0. The van der Waals surface area contributed by atoms with Gasteiger partial charge in [-0.1, -0.05) is 23.7 Å². The molecule has 30 heavy (non-hydrogen) atoms. The smallest absolute Gasteiger partial charge is 0.230 e. The van der Waals surface area contributed by atoms with Crippen molar-refractivity contribution < 1.29 is 13.2 Å². The van der Waals surface area contributed by atoms with Crippen molar-refractivity contribution in [3.8, 4) is 0 Å². The summed E-state index contributed by atoms with van der Waals surface area (Å²) in [6, 6.07) is 6.31. The van der Waals surface area contributed by atoms with Crippen LogP contribution in [0, 0.1) is 0 Å². The van der Waals surface area contributed by atoms with E-state index in [1.54, 1.807) is 24.5 Å². The van der Waals surface area contributed by atoms with Crippen molar-refractivity contribution in [1.29, 1.82) is 0 Å². The van der Waals surface area contributed by atoms with E-state index in [1.807, 2.05) is 0 Å². The number of anilines is 1. The number of thiazole rings is 1. The van der Waals surface area contributed by atoms with Crippen molar-refractivity contribution in [2.24, 2.45) is 0 Å². The fraction of sp³-hybridized carbons (Fsp3) is 0.263. The first kappa shape index (κ1) is 20.9. The number of hydrogen-bond acceptors (Lipinski definition) is 8. The van der Waals surface area contributed by atoms with Gasteiger partial charge in [-0.25, -0.2) is 23.4 Å². The number of carbonyl (C=O) groups is 1. The van der Waals surface area contributed by atoms with Gasteiger partial charge in [-0.05, 0) is 17.7 Å². The number of nitrogens with one attached hydrogen (secondary N) is 1. The molecule has 1 amide bonds. The van der Waals surface area contributed by atoms with Crippen molar-refractivity contribution >= 4 is 43.8 Å². The minimum absolute atomic E-state index is 0.147. The van der Waals surface area contributed by atoms with Gasteiger partial charge in [0.15, 0.2) is 15.0 Å². The van der Waals surface area contributed by atoms with Crippen molar-refractivity contribution in [3.63, 3.8) is 0 Å². The zero-order valence-electron chi connectivity index (χ0n) is 16.0. The Kier molecular flexibility index (Phi) is 5.83. The van der Waals surface area contributed by atoms with E-state index >= 15 is 0 Å². The molecule has 8 nitrogen and oxygen atoms in total. The van der Waals surface area contributed by atoms with Crippen molar-refractivity contribution in [2.45, 2.75) is 31.0 Å². The van der Waals surface area contributed by atoms with Gasteiger partial charge in [0.05, 0.1) is 28.6 Å². The van der Waals surface area contributed by atoms with E-state index in [1.165, 1.54) is 23.5 Å². The number of nitrogens with zero attached hydrogens (tertiary/aromatic N) is 4. The van der Waals surface area contributed by atoms with Gasteiger partial charge in [-0.3, -0.25) is 9.69 Å². The van der Waals surface area contributed by atoms with Crippen LogP contribution in [0.25, 0.3) is 0 Å². The Bertz CT molecular complexity index is 1150. The van der Waals surface area contributed by atoms with Gasteiger partial charge in [0.25, 0.3) is 0 Å². The Morgan fingerprint density at radius 2 is 1.90 bits per heavy atom. The minimum Gasteiger partial charge on any atom is -0.302 e. The van der Waals surface area contributed by atoms with Gasteiger partial charge in [0.2, 0.25) is 5.91 Å². The number of amides is 1. The monoisotopic (exact) mass is 463 g/mol. The van der Waals surface area contributed by atoms with E-state index in [0.717, 1.165) is 28.9 Å². The van der Waals surface area contributed by atoms with Gasteiger partial charge in [0, 0.05) is 36.6 Å². The Hall–Kier alpha value is -2.40. The first-order chi connectivity index (χ1) is 14.3. The number of benzene rings is 1. The van der Waals surface area contributed by atoms with E-state index in [2.05, 4.69) is 25.2 Å². The second-order valence-corrected chi connectivity index (χ2v) is 10.5. The second-order valence-electron chi connectivity index (χ2n) is 6.99. The number of hydrogen-bond donors (Lipinski definition) is 1. The van der Waals surface area contributed by atoms with Crippen LogP contribution in [0.5, 0.6) is 0 Å².